The molecule has 7 rings (SSSR count). The molecule has 4 saturated carbocycles. The number of amides is 1. The van der Waals surface area contributed by atoms with Gasteiger partial charge in [-0.15, -0.1) is 0 Å². The Kier molecular flexibility index (Phi) is 10.4. The van der Waals surface area contributed by atoms with Gasteiger partial charge in [0.1, 0.15) is 0 Å². The number of carboxylic acid groups (broad SMARTS) is 1. The fraction of sp³-hybridized carbons (Fsp3) is 0.723. The molecule has 9 unspecified atom stereocenters. The van der Waals surface area contributed by atoms with Gasteiger partial charge in [0.25, 0.3) is 0 Å². The molecular formula is C47H68N2O5. The number of carbonyl (C=O) groups is 3. The number of hydrogen-bond acceptors (Lipinski definition) is 5. The summed E-state index contributed by atoms with van der Waals surface area (Å²) in [5.41, 5.74) is 5.13. The van der Waals surface area contributed by atoms with Crippen LogP contribution in [0, 0.1) is 62.6 Å². The normalized spacial score (nSPS) is 38.6. The van der Waals surface area contributed by atoms with Crippen LogP contribution < -0.4 is 5.32 Å². The minimum atomic E-state index is -0.874. The van der Waals surface area contributed by atoms with Crippen LogP contribution in [0.1, 0.15) is 135 Å². The Hall–Kier alpha value is -2.93. The number of nitrogens with zero attached hydrogens (tertiary/aromatic N) is 1. The highest BCUT2D eigenvalue weighted by atomic mass is 16.5. The molecule has 1 heterocycles. The highest BCUT2D eigenvalue weighted by Crippen LogP contribution is 2.77. The predicted octanol–water partition coefficient (Wildman–Crippen LogP) is 9.43. The van der Waals surface area contributed by atoms with E-state index in [1.54, 1.807) is 12.1 Å². The Bertz CT molecular complexity index is 1670. The second kappa shape index (κ2) is 14.2. The molecular weight excluding hydrogens is 673 g/mol. The molecule has 1 aromatic carbocycles. The van der Waals surface area contributed by atoms with Gasteiger partial charge in [-0.05, 0) is 164 Å². The fourth-order valence-electron chi connectivity index (χ4n) is 14.6. The number of nitrogens with one attached hydrogen (secondary N) is 1. The lowest BCUT2D eigenvalue weighted by Gasteiger charge is -2.72. The summed E-state index contributed by atoms with van der Waals surface area (Å²) >= 11 is 0. The largest absolute Gasteiger partial charge is 0.478 e. The van der Waals surface area contributed by atoms with Gasteiger partial charge in [0.15, 0.2) is 0 Å². The summed E-state index contributed by atoms with van der Waals surface area (Å²) < 4.78 is 5.24. The third-order valence-electron chi connectivity index (χ3n) is 17.5. The number of hydrogen-bond donors (Lipinski definition) is 2. The van der Waals surface area contributed by atoms with Gasteiger partial charge in [-0.2, -0.15) is 0 Å². The van der Waals surface area contributed by atoms with Crippen LogP contribution in [-0.2, 0) is 14.3 Å². The van der Waals surface area contributed by atoms with E-state index >= 15 is 0 Å². The molecule has 5 aliphatic carbocycles. The molecule has 0 bridgehead atoms. The van der Waals surface area contributed by atoms with Gasteiger partial charge < -0.3 is 20.1 Å². The van der Waals surface area contributed by atoms with Crippen molar-refractivity contribution in [1.82, 2.24) is 10.2 Å². The number of rotatable bonds is 9. The van der Waals surface area contributed by atoms with E-state index in [1.807, 2.05) is 24.0 Å². The summed E-state index contributed by atoms with van der Waals surface area (Å²) in [6.07, 6.45) is 14.9. The number of benzene rings is 1. The molecule has 6 aliphatic rings. The number of allylic oxidation sites excluding steroid dienone is 3. The van der Waals surface area contributed by atoms with Crippen molar-refractivity contribution in [2.24, 2.45) is 62.6 Å². The van der Waals surface area contributed by atoms with Crippen LogP contribution in [0.3, 0.4) is 0 Å². The van der Waals surface area contributed by atoms with Gasteiger partial charge in [0.05, 0.1) is 24.6 Å². The second-order valence-corrected chi connectivity index (χ2v) is 20.0. The summed E-state index contributed by atoms with van der Waals surface area (Å²) in [5, 5.41) is 13.2. The summed E-state index contributed by atoms with van der Waals surface area (Å²) in [6, 6.07) is 7.57. The molecule has 1 saturated heterocycles. The van der Waals surface area contributed by atoms with Crippen molar-refractivity contribution in [3.63, 3.8) is 0 Å². The minimum Gasteiger partial charge on any atom is -0.478 e. The molecule has 54 heavy (non-hydrogen) atoms. The van der Waals surface area contributed by atoms with E-state index in [2.05, 4.69) is 59.5 Å². The molecule has 1 aromatic rings. The smallest absolute Gasteiger partial charge is 0.335 e. The lowest BCUT2D eigenvalue weighted by atomic mass is 9.32. The maximum absolute atomic E-state index is 13.4. The first kappa shape index (κ1) is 39.3. The number of piperidine rings is 1. The van der Waals surface area contributed by atoms with Crippen molar-refractivity contribution >= 4 is 23.4 Å². The minimum absolute atomic E-state index is 0.00501. The number of aromatic carboxylic acids is 1. The number of carboxylic acids is 1. The van der Waals surface area contributed by atoms with Crippen LogP contribution in [0.15, 0.2) is 42.5 Å². The first-order valence-corrected chi connectivity index (χ1v) is 21.4. The van der Waals surface area contributed by atoms with Crippen LogP contribution in [0.25, 0.3) is 5.57 Å². The van der Waals surface area contributed by atoms with E-state index < -0.39 is 5.97 Å². The van der Waals surface area contributed by atoms with E-state index in [9.17, 15) is 19.5 Å². The monoisotopic (exact) mass is 741 g/mol. The van der Waals surface area contributed by atoms with E-state index in [0.717, 1.165) is 13.0 Å². The van der Waals surface area contributed by atoms with E-state index in [-0.39, 0.29) is 44.9 Å². The molecule has 1 aliphatic heterocycles. The molecule has 7 nitrogen and oxygen atoms in total. The van der Waals surface area contributed by atoms with Crippen LogP contribution >= 0.6 is 0 Å². The lowest BCUT2D eigenvalue weighted by Crippen LogP contribution is -2.66. The quantitative estimate of drug-likeness (QED) is 0.194. The number of carbonyl (C=O) groups excluding carboxylic acids is 2. The summed E-state index contributed by atoms with van der Waals surface area (Å²) in [7, 11) is 0. The third-order valence-corrected chi connectivity index (χ3v) is 17.5. The first-order valence-electron chi connectivity index (χ1n) is 21.4. The Balaban J connectivity index is 1.08. The van der Waals surface area contributed by atoms with Crippen molar-refractivity contribution < 1.29 is 24.2 Å². The molecule has 0 aromatic heterocycles. The Labute approximate surface area is 325 Å². The zero-order valence-corrected chi connectivity index (χ0v) is 34.4. The highest BCUT2D eigenvalue weighted by Gasteiger charge is 2.70. The summed E-state index contributed by atoms with van der Waals surface area (Å²) in [6.45, 7) is 24.6. The zero-order chi connectivity index (χ0) is 38.8. The summed E-state index contributed by atoms with van der Waals surface area (Å²) in [5.74, 6) is 2.06. The van der Waals surface area contributed by atoms with E-state index in [1.165, 1.54) is 68.1 Å². The second-order valence-electron chi connectivity index (χ2n) is 20.0. The highest BCUT2D eigenvalue weighted by molar-refractivity contribution is 5.88. The Morgan fingerprint density at radius 1 is 0.889 bits per heavy atom. The van der Waals surface area contributed by atoms with Crippen molar-refractivity contribution in [2.45, 2.75) is 119 Å². The van der Waals surface area contributed by atoms with Crippen LogP contribution in [-0.4, -0.2) is 60.6 Å². The van der Waals surface area contributed by atoms with Gasteiger partial charge in [0, 0.05) is 19.6 Å². The van der Waals surface area contributed by atoms with Crippen molar-refractivity contribution in [3.8, 4) is 0 Å². The summed E-state index contributed by atoms with van der Waals surface area (Å²) in [4.78, 5) is 39.2. The Morgan fingerprint density at radius 2 is 1.59 bits per heavy atom. The maximum Gasteiger partial charge on any atom is 0.335 e. The average molecular weight is 741 g/mol. The van der Waals surface area contributed by atoms with Crippen molar-refractivity contribution in [1.29, 1.82) is 0 Å². The molecule has 296 valence electrons. The van der Waals surface area contributed by atoms with Gasteiger partial charge in [-0.3, -0.25) is 9.59 Å². The predicted molar refractivity (Wildman–Crippen MR) is 215 cm³/mol. The molecule has 1 amide bonds. The molecule has 7 heteroatoms. The first-order chi connectivity index (χ1) is 25.5. The maximum atomic E-state index is 13.4. The molecule has 0 spiro atoms. The topological polar surface area (TPSA) is 95.9 Å². The number of ether oxygens (including phenoxy) is 1. The van der Waals surface area contributed by atoms with Gasteiger partial charge in [-0.1, -0.05) is 65.0 Å². The van der Waals surface area contributed by atoms with E-state index in [0.29, 0.717) is 74.2 Å². The Morgan fingerprint density at radius 3 is 2.24 bits per heavy atom. The van der Waals surface area contributed by atoms with E-state index in [4.69, 9.17) is 4.74 Å². The standard InChI is InChI=1S/C47H68N2O5/c1-9-54-42(53)33-19-26-49(27-20-33)39(50)28-48-29-47-23-16-34(30(2)3)40(47)36-14-15-38-44(6)21-17-35(31-10-12-32(13-11-31)41(51)52)43(4,5)37(44)18-22-46(38,8)45(36,7)24-25-47/h10-13,17,33-34,36-38,40,48H,2,9,14-16,18-29H2,1,3-8H3,(H,51,52). The van der Waals surface area contributed by atoms with Crippen LogP contribution in [0.4, 0.5) is 0 Å². The molecule has 9 atom stereocenters. The number of esters is 1. The number of likely N-dealkylation sites (tertiary alicyclic amines) is 1. The van der Waals surface area contributed by atoms with Crippen molar-refractivity contribution in [3.05, 3.63) is 53.6 Å². The molecule has 2 N–H and O–H groups in total. The SMILES string of the molecule is C=C(C)C1CCC2(CNCC(=O)N3CCC(C(=O)OCC)CC3)CCC3(C)C(CCC4C5(C)CC=C(c6ccc(C(=O)O)cc6)C(C)(C)C5CCC43C)C12. The van der Waals surface area contributed by atoms with Gasteiger partial charge in [0.2, 0.25) is 5.91 Å². The fourth-order valence-corrected chi connectivity index (χ4v) is 14.6. The molecule has 5 fully saturated rings. The molecule has 0 radical (unpaired) electrons. The van der Waals surface area contributed by atoms with Gasteiger partial charge >= 0.3 is 11.9 Å². The zero-order valence-electron chi connectivity index (χ0n) is 34.4. The van der Waals surface area contributed by atoms with Gasteiger partial charge in [-0.25, -0.2) is 4.79 Å². The average Bonchev–Trinajstić information content (AvgIpc) is 3.52. The number of fused-ring (bicyclic) bond motifs is 7. The lowest BCUT2D eigenvalue weighted by molar-refractivity contribution is -0.225. The van der Waals surface area contributed by atoms with Crippen LogP contribution in [0.2, 0.25) is 0 Å². The van der Waals surface area contributed by atoms with Crippen molar-refractivity contribution in [2.75, 3.05) is 32.8 Å². The van der Waals surface area contributed by atoms with Crippen LogP contribution in [0.5, 0.6) is 0 Å². The third kappa shape index (κ3) is 6.12.